The fourth-order valence-corrected chi connectivity index (χ4v) is 6.08. The van der Waals surface area contributed by atoms with Gasteiger partial charge in [-0.1, -0.05) is 57.9 Å². The van der Waals surface area contributed by atoms with Crippen molar-refractivity contribution in [1.82, 2.24) is 10.2 Å². The van der Waals surface area contributed by atoms with E-state index in [1.165, 1.54) is 4.90 Å². The highest BCUT2D eigenvalue weighted by Crippen LogP contribution is 2.29. The van der Waals surface area contributed by atoms with Crippen molar-refractivity contribution in [3.8, 4) is 0 Å². The fraction of sp³-hybridized carbons (Fsp3) is 0.333. The monoisotopic (exact) mass is 613 g/mol. The van der Waals surface area contributed by atoms with E-state index in [2.05, 4.69) is 21.2 Å². The zero-order chi connectivity index (χ0) is 28.9. The Balaban J connectivity index is 2.08. The van der Waals surface area contributed by atoms with Gasteiger partial charge >= 0.3 is 0 Å². The zero-order valence-corrected chi connectivity index (χ0v) is 25.6. The van der Waals surface area contributed by atoms with Crippen molar-refractivity contribution < 1.29 is 18.0 Å². The Kier molecular flexibility index (Phi) is 9.96. The molecule has 0 aliphatic rings. The molecule has 9 heteroatoms. The summed E-state index contributed by atoms with van der Waals surface area (Å²) in [5.74, 6) is -0.800. The Morgan fingerprint density at radius 3 is 2.15 bits per heavy atom. The second-order valence-corrected chi connectivity index (χ2v) is 12.9. The standard InChI is InChI=1S/C30H36BrN3O4S/c1-20(2)32-30(36)24(6)33(18-25-8-7-9-26(31)17-25)29(35)19-34(28-16-22(4)10-13-23(28)5)39(37,38)27-14-11-21(3)12-15-27/h7-17,20,24H,18-19H2,1-6H3,(H,32,36)/t24-/m0/s1. The van der Waals surface area contributed by atoms with Crippen molar-refractivity contribution in [3.05, 3.63) is 93.5 Å². The highest BCUT2D eigenvalue weighted by atomic mass is 79.9. The van der Waals surface area contributed by atoms with Crippen LogP contribution in [0.4, 0.5) is 5.69 Å². The largest absolute Gasteiger partial charge is 0.352 e. The van der Waals surface area contributed by atoms with Crippen LogP contribution in [0.1, 0.15) is 43.0 Å². The number of amides is 2. The number of hydrogen-bond acceptors (Lipinski definition) is 4. The number of carbonyl (C=O) groups is 2. The number of nitrogens with zero attached hydrogens (tertiary/aromatic N) is 2. The van der Waals surface area contributed by atoms with Crippen LogP contribution in [0.3, 0.4) is 0 Å². The predicted octanol–water partition coefficient (Wildman–Crippen LogP) is 5.51. The normalized spacial score (nSPS) is 12.2. The third-order valence-corrected chi connectivity index (χ3v) is 8.63. The Hall–Kier alpha value is -3.17. The van der Waals surface area contributed by atoms with Gasteiger partial charge in [-0.25, -0.2) is 8.42 Å². The first kappa shape index (κ1) is 30.4. The molecule has 0 saturated heterocycles. The van der Waals surface area contributed by atoms with Gasteiger partial charge in [-0.2, -0.15) is 0 Å². The average molecular weight is 615 g/mol. The Morgan fingerprint density at radius 2 is 1.54 bits per heavy atom. The molecule has 0 aliphatic heterocycles. The minimum Gasteiger partial charge on any atom is -0.352 e. The van der Waals surface area contributed by atoms with Crippen molar-refractivity contribution in [1.29, 1.82) is 0 Å². The lowest BCUT2D eigenvalue weighted by molar-refractivity contribution is -0.139. The number of nitrogens with one attached hydrogen (secondary N) is 1. The van der Waals surface area contributed by atoms with E-state index in [0.717, 1.165) is 25.5 Å². The quantitative estimate of drug-likeness (QED) is 0.326. The number of benzene rings is 3. The topological polar surface area (TPSA) is 86.8 Å². The van der Waals surface area contributed by atoms with E-state index < -0.39 is 28.5 Å². The van der Waals surface area contributed by atoms with Crippen LogP contribution < -0.4 is 9.62 Å². The lowest BCUT2D eigenvalue weighted by Gasteiger charge is -2.33. The van der Waals surface area contributed by atoms with E-state index >= 15 is 0 Å². The summed E-state index contributed by atoms with van der Waals surface area (Å²) < 4.78 is 30.0. The molecule has 1 atom stereocenters. The van der Waals surface area contributed by atoms with Crippen LogP contribution in [0, 0.1) is 20.8 Å². The summed E-state index contributed by atoms with van der Waals surface area (Å²) >= 11 is 3.46. The molecule has 0 spiro atoms. The van der Waals surface area contributed by atoms with Gasteiger partial charge < -0.3 is 10.2 Å². The SMILES string of the molecule is Cc1ccc(S(=O)(=O)N(CC(=O)N(Cc2cccc(Br)c2)[C@@H](C)C(=O)NC(C)C)c2cc(C)ccc2C)cc1. The Labute approximate surface area is 240 Å². The molecular weight excluding hydrogens is 578 g/mol. The van der Waals surface area contributed by atoms with Crippen molar-refractivity contribution in [3.63, 3.8) is 0 Å². The van der Waals surface area contributed by atoms with Crippen LogP contribution in [0.15, 0.2) is 76.1 Å². The van der Waals surface area contributed by atoms with Gasteiger partial charge in [0, 0.05) is 17.1 Å². The number of aryl methyl sites for hydroxylation is 3. The smallest absolute Gasteiger partial charge is 0.264 e. The Bertz CT molecular complexity index is 1440. The van der Waals surface area contributed by atoms with Crippen LogP contribution in [0.2, 0.25) is 0 Å². The summed E-state index contributed by atoms with van der Waals surface area (Å²) in [5.41, 5.74) is 3.73. The third kappa shape index (κ3) is 7.70. The first-order chi connectivity index (χ1) is 18.3. The number of carbonyl (C=O) groups excluding carboxylic acids is 2. The number of anilines is 1. The molecule has 0 radical (unpaired) electrons. The molecule has 2 amide bonds. The maximum Gasteiger partial charge on any atom is 0.264 e. The van der Waals surface area contributed by atoms with E-state index in [0.29, 0.717) is 11.3 Å². The van der Waals surface area contributed by atoms with Crippen LogP contribution in [-0.4, -0.2) is 43.8 Å². The minimum atomic E-state index is -4.11. The van der Waals surface area contributed by atoms with Crippen LogP contribution in [-0.2, 0) is 26.2 Å². The number of rotatable bonds is 10. The molecule has 7 nitrogen and oxygen atoms in total. The van der Waals surface area contributed by atoms with Gasteiger partial charge in [0.1, 0.15) is 12.6 Å². The molecule has 3 aromatic carbocycles. The van der Waals surface area contributed by atoms with E-state index in [-0.39, 0.29) is 23.4 Å². The highest BCUT2D eigenvalue weighted by molar-refractivity contribution is 9.10. The van der Waals surface area contributed by atoms with Crippen molar-refractivity contribution >= 4 is 43.5 Å². The van der Waals surface area contributed by atoms with Crippen LogP contribution >= 0.6 is 15.9 Å². The van der Waals surface area contributed by atoms with Gasteiger partial charge in [-0.3, -0.25) is 13.9 Å². The summed E-state index contributed by atoms with van der Waals surface area (Å²) in [4.78, 5) is 28.5. The van der Waals surface area contributed by atoms with Gasteiger partial charge in [0.25, 0.3) is 10.0 Å². The van der Waals surface area contributed by atoms with E-state index in [1.807, 2.05) is 71.0 Å². The molecule has 0 aliphatic carbocycles. The predicted molar refractivity (Wildman–Crippen MR) is 159 cm³/mol. The lowest BCUT2D eigenvalue weighted by Crippen LogP contribution is -2.52. The molecule has 0 bridgehead atoms. The van der Waals surface area contributed by atoms with Crippen LogP contribution in [0.25, 0.3) is 0 Å². The third-order valence-electron chi connectivity index (χ3n) is 6.36. The molecule has 1 N–H and O–H groups in total. The first-order valence-electron chi connectivity index (χ1n) is 12.8. The minimum absolute atomic E-state index is 0.0888. The molecule has 0 saturated carbocycles. The first-order valence-corrected chi connectivity index (χ1v) is 15.0. The number of halogens is 1. The second-order valence-electron chi connectivity index (χ2n) is 10.1. The number of hydrogen-bond donors (Lipinski definition) is 1. The molecule has 39 heavy (non-hydrogen) atoms. The van der Waals surface area contributed by atoms with E-state index in [1.54, 1.807) is 37.3 Å². The van der Waals surface area contributed by atoms with Crippen LogP contribution in [0.5, 0.6) is 0 Å². The molecule has 3 rings (SSSR count). The molecule has 208 valence electrons. The van der Waals surface area contributed by atoms with Gasteiger partial charge in [-0.05, 0) is 88.6 Å². The maximum absolute atomic E-state index is 14.0. The zero-order valence-electron chi connectivity index (χ0n) is 23.2. The molecular formula is C30H36BrN3O4S. The molecule has 0 aromatic heterocycles. The van der Waals surface area contributed by atoms with Gasteiger partial charge in [0.05, 0.1) is 10.6 Å². The Morgan fingerprint density at radius 1 is 0.897 bits per heavy atom. The molecule has 3 aromatic rings. The summed E-state index contributed by atoms with van der Waals surface area (Å²) in [5, 5.41) is 2.86. The maximum atomic E-state index is 14.0. The van der Waals surface area contributed by atoms with Crippen molar-refractivity contribution in [2.75, 3.05) is 10.8 Å². The van der Waals surface area contributed by atoms with Gasteiger partial charge in [-0.15, -0.1) is 0 Å². The van der Waals surface area contributed by atoms with E-state index in [4.69, 9.17) is 0 Å². The van der Waals surface area contributed by atoms with Crippen molar-refractivity contribution in [2.45, 2.75) is 65.1 Å². The second kappa shape index (κ2) is 12.8. The summed E-state index contributed by atoms with van der Waals surface area (Å²) in [6, 6.07) is 18.6. The highest BCUT2D eigenvalue weighted by Gasteiger charge is 2.33. The fourth-order valence-electron chi connectivity index (χ4n) is 4.16. The van der Waals surface area contributed by atoms with Gasteiger partial charge in [0.2, 0.25) is 11.8 Å². The molecule has 0 fully saturated rings. The van der Waals surface area contributed by atoms with E-state index in [9.17, 15) is 18.0 Å². The summed E-state index contributed by atoms with van der Waals surface area (Å²) in [6.07, 6.45) is 0. The van der Waals surface area contributed by atoms with Gasteiger partial charge in [0.15, 0.2) is 0 Å². The average Bonchev–Trinajstić information content (AvgIpc) is 2.86. The summed E-state index contributed by atoms with van der Waals surface area (Å²) in [7, 11) is -4.11. The lowest BCUT2D eigenvalue weighted by atomic mass is 10.1. The molecule has 0 heterocycles. The number of sulfonamides is 1. The molecule has 0 unspecified atom stereocenters. The summed E-state index contributed by atoms with van der Waals surface area (Å²) in [6.45, 7) is 10.6. The van der Waals surface area contributed by atoms with Crippen molar-refractivity contribution in [2.24, 2.45) is 0 Å².